The van der Waals surface area contributed by atoms with Crippen LogP contribution in [0, 0.1) is 11.8 Å². The molecule has 0 bridgehead atoms. The number of carbonyl (C=O) groups is 2. The Balaban J connectivity index is 1.97. The Morgan fingerprint density at radius 3 is 2.95 bits per heavy atom. The second-order valence-corrected chi connectivity index (χ2v) is 6.31. The molecule has 0 aromatic carbocycles. The zero-order chi connectivity index (χ0) is 16.1. The van der Waals surface area contributed by atoms with Crippen LogP contribution < -0.4 is 0 Å². The van der Waals surface area contributed by atoms with Gasteiger partial charge < -0.3 is 14.6 Å². The predicted octanol–water partition coefficient (Wildman–Crippen LogP) is 2.37. The summed E-state index contributed by atoms with van der Waals surface area (Å²) in [6.07, 6.45) is 7.66. The van der Waals surface area contributed by atoms with E-state index in [0.717, 1.165) is 25.7 Å². The molecule has 5 nitrogen and oxygen atoms in total. The first kappa shape index (κ1) is 17.0. The number of rotatable bonds is 7. The van der Waals surface area contributed by atoms with Crippen LogP contribution in [-0.4, -0.2) is 35.4 Å². The molecular formula is C17H26O5. The van der Waals surface area contributed by atoms with Crippen molar-refractivity contribution in [1.29, 1.82) is 0 Å². The van der Waals surface area contributed by atoms with E-state index in [9.17, 15) is 14.7 Å². The standard InChI is InChI=1S/C17H26O5/c1-3-4-5-6-12(19)7-8-13-14-9-17(20)22-16(14)10-15(13)21-11(2)18/h7-8,12-16,19H,3-6,9-10H2,1-2H3/b8-7+/t12-,13?,14+,15+,16?/m0/s1. The average molecular weight is 310 g/mol. The molecule has 2 rings (SSSR count). The smallest absolute Gasteiger partial charge is 0.306 e. The monoisotopic (exact) mass is 310 g/mol. The summed E-state index contributed by atoms with van der Waals surface area (Å²) < 4.78 is 10.7. The SMILES string of the molecule is CCCCC[C@H](O)/C=C/C1[C@H]2CC(=O)OC2C[C@H]1OC(C)=O. The van der Waals surface area contributed by atoms with Gasteiger partial charge in [-0.2, -0.15) is 0 Å². The number of unbranched alkanes of at least 4 members (excludes halogenated alkanes) is 2. The van der Waals surface area contributed by atoms with Crippen molar-refractivity contribution in [3.8, 4) is 0 Å². The van der Waals surface area contributed by atoms with Gasteiger partial charge in [-0.15, -0.1) is 0 Å². The van der Waals surface area contributed by atoms with Crippen LogP contribution in [0.15, 0.2) is 12.2 Å². The van der Waals surface area contributed by atoms with E-state index in [1.54, 1.807) is 6.08 Å². The molecule has 1 saturated heterocycles. The number of esters is 2. The Hall–Kier alpha value is -1.36. The highest BCUT2D eigenvalue weighted by Crippen LogP contribution is 2.43. The van der Waals surface area contributed by atoms with E-state index in [4.69, 9.17) is 9.47 Å². The molecule has 1 heterocycles. The lowest BCUT2D eigenvalue weighted by Crippen LogP contribution is -2.23. The highest BCUT2D eigenvalue weighted by Gasteiger charge is 2.50. The lowest BCUT2D eigenvalue weighted by Gasteiger charge is -2.19. The number of carbonyl (C=O) groups excluding carboxylic acids is 2. The van der Waals surface area contributed by atoms with Gasteiger partial charge in [0.15, 0.2) is 0 Å². The number of hydrogen-bond acceptors (Lipinski definition) is 5. The number of ether oxygens (including phenoxy) is 2. The molecule has 1 aliphatic carbocycles. The fraction of sp³-hybridized carbons (Fsp3) is 0.765. The van der Waals surface area contributed by atoms with Crippen molar-refractivity contribution in [3.63, 3.8) is 0 Å². The van der Waals surface area contributed by atoms with Gasteiger partial charge in [-0.25, -0.2) is 0 Å². The summed E-state index contributed by atoms with van der Waals surface area (Å²) in [5, 5.41) is 10.0. The third kappa shape index (κ3) is 4.32. The molecule has 1 N–H and O–H groups in total. The normalized spacial score (nSPS) is 32.0. The molecule has 1 saturated carbocycles. The van der Waals surface area contributed by atoms with Crippen LogP contribution >= 0.6 is 0 Å². The fourth-order valence-corrected chi connectivity index (χ4v) is 3.46. The van der Waals surface area contributed by atoms with Crippen LogP contribution in [-0.2, 0) is 19.1 Å². The molecule has 124 valence electrons. The predicted molar refractivity (Wildman–Crippen MR) is 80.9 cm³/mol. The van der Waals surface area contributed by atoms with Crippen molar-refractivity contribution in [2.75, 3.05) is 0 Å². The molecule has 0 radical (unpaired) electrons. The van der Waals surface area contributed by atoms with Crippen molar-refractivity contribution in [2.45, 2.75) is 70.7 Å². The molecule has 2 fully saturated rings. The minimum Gasteiger partial charge on any atom is -0.462 e. The minimum atomic E-state index is -0.485. The molecule has 22 heavy (non-hydrogen) atoms. The van der Waals surface area contributed by atoms with Crippen molar-refractivity contribution < 1.29 is 24.2 Å². The molecule has 2 unspecified atom stereocenters. The van der Waals surface area contributed by atoms with Crippen molar-refractivity contribution in [2.24, 2.45) is 11.8 Å². The highest BCUT2D eigenvalue weighted by atomic mass is 16.6. The van der Waals surface area contributed by atoms with Gasteiger partial charge in [-0.1, -0.05) is 38.3 Å². The largest absolute Gasteiger partial charge is 0.462 e. The Morgan fingerprint density at radius 2 is 2.27 bits per heavy atom. The van der Waals surface area contributed by atoms with E-state index < -0.39 is 6.10 Å². The van der Waals surface area contributed by atoms with Crippen LogP contribution in [0.3, 0.4) is 0 Å². The van der Waals surface area contributed by atoms with E-state index in [1.165, 1.54) is 6.92 Å². The second kappa shape index (κ2) is 7.77. The Kier molecular flexibility index (Phi) is 6.00. The maximum absolute atomic E-state index is 11.4. The number of aliphatic hydroxyl groups is 1. The zero-order valence-corrected chi connectivity index (χ0v) is 13.4. The van der Waals surface area contributed by atoms with Gasteiger partial charge in [0, 0.05) is 25.2 Å². The first-order valence-electron chi connectivity index (χ1n) is 8.24. The van der Waals surface area contributed by atoms with Gasteiger partial charge in [-0.3, -0.25) is 9.59 Å². The van der Waals surface area contributed by atoms with Crippen molar-refractivity contribution in [1.82, 2.24) is 0 Å². The maximum Gasteiger partial charge on any atom is 0.306 e. The highest BCUT2D eigenvalue weighted by molar-refractivity contribution is 5.72. The van der Waals surface area contributed by atoms with Crippen molar-refractivity contribution in [3.05, 3.63) is 12.2 Å². The lowest BCUT2D eigenvalue weighted by molar-refractivity contribution is -0.149. The van der Waals surface area contributed by atoms with Gasteiger partial charge in [0.2, 0.25) is 0 Å². The lowest BCUT2D eigenvalue weighted by atomic mass is 9.91. The average Bonchev–Trinajstić information content (AvgIpc) is 2.92. The maximum atomic E-state index is 11.4. The van der Waals surface area contributed by atoms with Crippen LogP contribution in [0.1, 0.15) is 52.4 Å². The van der Waals surface area contributed by atoms with Crippen LogP contribution in [0.25, 0.3) is 0 Å². The number of fused-ring (bicyclic) bond motifs is 1. The van der Waals surface area contributed by atoms with Crippen LogP contribution in [0.2, 0.25) is 0 Å². The summed E-state index contributed by atoms with van der Waals surface area (Å²) in [5.74, 6) is -0.506. The Morgan fingerprint density at radius 1 is 1.50 bits per heavy atom. The van der Waals surface area contributed by atoms with Gasteiger partial charge in [0.1, 0.15) is 12.2 Å². The molecule has 2 aliphatic rings. The molecule has 0 spiro atoms. The Bertz CT molecular complexity index is 431. The van der Waals surface area contributed by atoms with E-state index in [1.807, 2.05) is 6.08 Å². The zero-order valence-electron chi connectivity index (χ0n) is 13.4. The number of hydrogen-bond donors (Lipinski definition) is 1. The van der Waals surface area contributed by atoms with E-state index in [2.05, 4.69) is 6.92 Å². The molecule has 0 aromatic heterocycles. The van der Waals surface area contributed by atoms with Gasteiger partial charge in [0.25, 0.3) is 0 Å². The van der Waals surface area contributed by atoms with Crippen LogP contribution in [0.5, 0.6) is 0 Å². The topological polar surface area (TPSA) is 72.8 Å². The summed E-state index contributed by atoms with van der Waals surface area (Å²) in [4.78, 5) is 22.7. The minimum absolute atomic E-state index is 0.0518. The van der Waals surface area contributed by atoms with Gasteiger partial charge in [0.05, 0.1) is 12.5 Å². The summed E-state index contributed by atoms with van der Waals surface area (Å²) in [6, 6.07) is 0. The number of aliphatic hydroxyl groups excluding tert-OH is 1. The van der Waals surface area contributed by atoms with E-state index >= 15 is 0 Å². The molecule has 5 heteroatoms. The first-order chi connectivity index (χ1) is 10.5. The second-order valence-electron chi connectivity index (χ2n) is 6.31. The summed E-state index contributed by atoms with van der Waals surface area (Å²) in [6.45, 7) is 3.52. The van der Waals surface area contributed by atoms with Gasteiger partial charge >= 0.3 is 11.9 Å². The van der Waals surface area contributed by atoms with Crippen LogP contribution in [0.4, 0.5) is 0 Å². The van der Waals surface area contributed by atoms with E-state index in [0.29, 0.717) is 12.8 Å². The van der Waals surface area contributed by atoms with Gasteiger partial charge in [-0.05, 0) is 6.42 Å². The first-order valence-corrected chi connectivity index (χ1v) is 8.24. The third-order valence-corrected chi connectivity index (χ3v) is 4.53. The summed E-state index contributed by atoms with van der Waals surface area (Å²) in [7, 11) is 0. The summed E-state index contributed by atoms with van der Waals surface area (Å²) >= 11 is 0. The quantitative estimate of drug-likeness (QED) is 0.444. The molecule has 0 amide bonds. The summed E-state index contributed by atoms with van der Waals surface area (Å²) in [5.41, 5.74) is 0. The fourth-order valence-electron chi connectivity index (χ4n) is 3.46. The van der Waals surface area contributed by atoms with Crippen molar-refractivity contribution >= 4 is 11.9 Å². The molecule has 0 aromatic rings. The van der Waals surface area contributed by atoms with E-state index in [-0.39, 0.29) is 36.0 Å². The molecule has 5 atom stereocenters. The third-order valence-electron chi connectivity index (χ3n) is 4.53. The molecule has 1 aliphatic heterocycles. The molecular weight excluding hydrogens is 284 g/mol. The Labute approximate surface area is 131 Å².